The number of anilines is 1. The molecule has 4 nitrogen and oxygen atoms in total. The molecule has 0 radical (unpaired) electrons. The Labute approximate surface area is 151 Å². The highest BCUT2D eigenvalue weighted by Crippen LogP contribution is 2.40. The van der Waals surface area contributed by atoms with E-state index in [1.54, 1.807) is 6.92 Å². The van der Waals surface area contributed by atoms with Crippen LogP contribution < -0.4 is 4.90 Å². The van der Waals surface area contributed by atoms with Crippen molar-refractivity contribution in [1.29, 1.82) is 0 Å². The van der Waals surface area contributed by atoms with Crippen LogP contribution in [0.4, 0.5) is 5.82 Å². The number of amides is 1. The van der Waals surface area contributed by atoms with E-state index in [-0.39, 0.29) is 11.4 Å². The van der Waals surface area contributed by atoms with Gasteiger partial charge in [-0.3, -0.25) is 14.1 Å². The topological polar surface area (TPSA) is 37.6 Å². The highest BCUT2D eigenvalue weighted by atomic mass is 16.2. The fraction of sp³-hybridized carbons (Fsp3) is 0.619. The first kappa shape index (κ1) is 18.0. The molecule has 2 heterocycles. The molecule has 0 aromatic carbocycles. The molecular weight excluding hydrogens is 310 g/mol. The summed E-state index contributed by atoms with van der Waals surface area (Å²) in [6.07, 6.45) is 6.17. The number of carbonyl (C=O) groups is 1. The lowest BCUT2D eigenvalue weighted by Crippen LogP contribution is -2.46. The zero-order chi connectivity index (χ0) is 18.4. The fourth-order valence-electron chi connectivity index (χ4n) is 4.33. The van der Waals surface area contributed by atoms with E-state index in [4.69, 9.17) is 4.98 Å². The third-order valence-electron chi connectivity index (χ3n) is 5.24. The van der Waals surface area contributed by atoms with Crippen molar-refractivity contribution in [3.63, 3.8) is 0 Å². The minimum Gasteiger partial charge on any atom is -0.291 e. The van der Waals surface area contributed by atoms with Crippen molar-refractivity contribution >= 4 is 17.4 Å². The summed E-state index contributed by atoms with van der Waals surface area (Å²) < 4.78 is 2.18. The van der Waals surface area contributed by atoms with Crippen LogP contribution in [0.15, 0.2) is 12.1 Å². The molecular formula is C21H31N3O. The molecule has 1 fully saturated rings. The summed E-state index contributed by atoms with van der Waals surface area (Å²) in [5, 5.41) is 0. The van der Waals surface area contributed by atoms with E-state index in [0.717, 1.165) is 22.9 Å². The first-order valence-corrected chi connectivity index (χ1v) is 9.50. The highest BCUT2D eigenvalue weighted by Gasteiger charge is 2.34. The quantitative estimate of drug-likeness (QED) is 0.757. The van der Waals surface area contributed by atoms with Gasteiger partial charge in [-0.15, -0.1) is 0 Å². The Morgan fingerprint density at radius 2 is 1.80 bits per heavy atom. The maximum absolute atomic E-state index is 12.6. The number of aromatic nitrogens is 2. The van der Waals surface area contributed by atoms with Crippen LogP contribution in [0.2, 0.25) is 0 Å². The summed E-state index contributed by atoms with van der Waals surface area (Å²) in [6.45, 7) is 12.2. The van der Waals surface area contributed by atoms with Crippen molar-refractivity contribution in [1.82, 2.24) is 9.38 Å². The molecule has 25 heavy (non-hydrogen) atoms. The number of hydrogen-bond acceptors (Lipinski definition) is 2. The van der Waals surface area contributed by atoms with Crippen LogP contribution in [-0.2, 0) is 4.79 Å². The zero-order valence-corrected chi connectivity index (χ0v) is 16.5. The Morgan fingerprint density at radius 1 is 1.16 bits per heavy atom. The molecule has 136 valence electrons. The van der Waals surface area contributed by atoms with Crippen molar-refractivity contribution in [3.05, 3.63) is 29.1 Å². The monoisotopic (exact) mass is 341 g/mol. The van der Waals surface area contributed by atoms with Crippen LogP contribution in [0, 0.1) is 13.8 Å². The smallest absolute Gasteiger partial charge is 0.225 e. The Balaban J connectivity index is 2.30. The number of aryl methyl sites for hydroxylation is 2. The standard InChI is InChI=1S/C21H31N3O/c1-14-12-15(2)23-18(13-14)22-19(17-10-8-7-9-11-17)20(23)24(16(3)25)21(4,5)6/h12-13,17H,7-11H2,1-6H3. The van der Waals surface area contributed by atoms with E-state index < -0.39 is 0 Å². The SMILES string of the molecule is CC(=O)N(c1c(C2CCCCC2)nc2cc(C)cc(C)n12)C(C)(C)C. The molecule has 1 saturated carbocycles. The van der Waals surface area contributed by atoms with E-state index >= 15 is 0 Å². The average Bonchev–Trinajstić information content (AvgIpc) is 2.85. The first-order chi connectivity index (χ1) is 11.7. The van der Waals surface area contributed by atoms with Gasteiger partial charge in [0.15, 0.2) is 0 Å². The van der Waals surface area contributed by atoms with Gasteiger partial charge in [-0.2, -0.15) is 0 Å². The number of rotatable bonds is 2. The number of nitrogens with zero attached hydrogens (tertiary/aromatic N) is 3. The van der Waals surface area contributed by atoms with Crippen LogP contribution >= 0.6 is 0 Å². The maximum Gasteiger partial charge on any atom is 0.225 e. The molecule has 2 aromatic heterocycles. The third-order valence-corrected chi connectivity index (χ3v) is 5.24. The molecule has 4 heteroatoms. The lowest BCUT2D eigenvalue weighted by atomic mass is 9.86. The first-order valence-electron chi connectivity index (χ1n) is 9.50. The summed E-state index contributed by atoms with van der Waals surface area (Å²) in [4.78, 5) is 19.6. The Kier molecular flexibility index (Phi) is 4.65. The van der Waals surface area contributed by atoms with Crippen molar-refractivity contribution < 1.29 is 4.79 Å². The molecule has 1 aliphatic carbocycles. The Morgan fingerprint density at radius 3 is 2.36 bits per heavy atom. The predicted molar refractivity (Wildman–Crippen MR) is 103 cm³/mol. The fourth-order valence-corrected chi connectivity index (χ4v) is 4.33. The van der Waals surface area contributed by atoms with Gasteiger partial charge in [-0.1, -0.05) is 19.3 Å². The largest absolute Gasteiger partial charge is 0.291 e. The van der Waals surface area contributed by atoms with E-state index in [1.165, 1.54) is 37.7 Å². The number of fused-ring (bicyclic) bond motifs is 1. The van der Waals surface area contributed by atoms with E-state index in [2.05, 4.69) is 51.2 Å². The normalized spacial score (nSPS) is 16.4. The molecule has 3 rings (SSSR count). The van der Waals surface area contributed by atoms with Crippen molar-refractivity contribution in [3.8, 4) is 0 Å². The number of pyridine rings is 1. The van der Waals surface area contributed by atoms with Gasteiger partial charge in [0.1, 0.15) is 11.5 Å². The van der Waals surface area contributed by atoms with Gasteiger partial charge in [0, 0.05) is 24.1 Å². The van der Waals surface area contributed by atoms with Crippen molar-refractivity contribution in [2.45, 2.75) is 85.1 Å². The van der Waals surface area contributed by atoms with E-state index in [0.29, 0.717) is 5.92 Å². The molecule has 0 saturated heterocycles. The Bertz CT molecular complexity index is 792. The van der Waals surface area contributed by atoms with Crippen LogP contribution in [0.1, 0.15) is 82.7 Å². The van der Waals surface area contributed by atoms with Gasteiger partial charge in [0.05, 0.1) is 5.69 Å². The lowest BCUT2D eigenvalue weighted by molar-refractivity contribution is -0.117. The molecule has 1 amide bonds. The second kappa shape index (κ2) is 6.47. The third kappa shape index (κ3) is 3.31. The molecule has 2 aromatic rings. The lowest BCUT2D eigenvalue weighted by Gasteiger charge is -2.36. The second-order valence-electron chi connectivity index (χ2n) is 8.55. The summed E-state index contributed by atoms with van der Waals surface area (Å²) in [6, 6.07) is 4.30. The minimum absolute atomic E-state index is 0.0753. The maximum atomic E-state index is 12.6. The molecule has 0 unspecified atom stereocenters. The Hall–Kier alpha value is -1.84. The number of imidazole rings is 1. The van der Waals surface area contributed by atoms with E-state index in [1.807, 2.05) is 4.90 Å². The van der Waals surface area contributed by atoms with Gasteiger partial charge >= 0.3 is 0 Å². The molecule has 0 bridgehead atoms. The molecule has 0 N–H and O–H groups in total. The molecule has 0 atom stereocenters. The number of carbonyl (C=O) groups excluding carboxylic acids is 1. The van der Waals surface area contributed by atoms with Gasteiger partial charge < -0.3 is 0 Å². The predicted octanol–water partition coefficient (Wildman–Crippen LogP) is 5.15. The summed E-state index contributed by atoms with van der Waals surface area (Å²) >= 11 is 0. The summed E-state index contributed by atoms with van der Waals surface area (Å²) in [7, 11) is 0. The van der Waals surface area contributed by atoms with Crippen molar-refractivity contribution in [2.24, 2.45) is 0 Å². The summed E-state index contributed by atoms with van der Waals surface area (Å²) in [5.41, 5.74) is 4.13. The van der Waals surface area contributed by atoms with Crippen LogP contribution in [0.5, 0.6) is 0 Å². The van der Waals surface area contributed by atoms with Crippen molar-refractivity contribution in [2.75, 3.05) is 4.90 Å². The van der Waals surface area contributed by atoms with Crippen LogP contribution in [-0.4, -0.2) is 20.8 Å². The van der Waals surface area contributed by atoms with Crippen LogP contribution in [0.3, 0.4) is 0 Å². The number of hydrogen-bond donors (Lipinski definition) is 0. The summed E-state index contributed by atoms with van der Waals surface area (Å²) in [5.74, 6) is 1.51. The minimum atomic E-state index is -0.289. The highest BCUT2D eigenvalue weighted by molar-refractivity contribution is 5.93. The van der Waals surface area contributed by atoms with Gasteiger partial charge in [-0.05, 0) is 65.2 Å². The zero-order valence-electron chi connectivity index (χ0n) is 16.5. The molecule has 0 spiro atoms. The molecule has 1 aliphatic rings. The van der Waals surface area contributed by atoms with Gasteiger partial charge in [0.25, 0.3) is 0 Å². The average molecular weight is 341 g/mol. The van der Waals surface area contributed by atoms with E-state index in [9.17, 15) is 4.79 Å². The second-order valence-corrected chi connectivity index (χ2v) is 8.55. The molecule has 0 aliphatic heterocycles. The van der Waals surface area contributed by atoms with Gasteiger partial charge in [-0.25, -0.2) is 4.98 Å². The van der Waals surface area contributed by atoms with Gasteiger partial charge in [0.2, 0.25) is 5.91 Å². The van der Waals surface area contributed by atoms with Crippen LogP contribution in [0.25, 0.3) is 5.65 Å².